The Morgan fingerprint density at radius 1 is 1.36 bits per heavy atom. The second-order valence-corrected chi connectivity index (χ2v) is 7.20. The summed E-state index contributed by atoms with van der Waals surface area (Å²) in [5.41, 5.74) is 4.41. The Bertz CT molecular complexity index is 759. The van der Waals surface area contributed by atoms with Gasteiger partial charge in [0.05, 0.1) is 17.6 Å². The first kappa shape index (κ1) is 19.4. The van der Waals surface area contributed by atoms with Crippen LogP contribution in [0.15, 0.2) is 36.0 Å². The highest BCUT2D eigenvalue weighted by Crippen LogP contribution is 2.33. The molecule has 0 amide bonds. The highest BCUT2D eigenvalue weighted by atomic mass is 35.5. The van der Waals surface area contributed by atoms with Crippen LogP contribution in [0.2, 0.25) is 5.02 Å². The lowest BCUT2D eigenvalue weighted by Gasteiger charge is -2.21. The second-order valence-electron chi connectivity index (χ2n) is 5.88. The monoisotopic (exact) mass is 377 g/mol. The molecular weight excluding hydrogens is 354 g/mol. The summed E-state index contributed by atoms with van der Waals surface area (Å²) in [6.07, 6.45) is 5.72. The average molecular weight is 378 g/mol. The fraction of sp³-hybridized carbons (Fsp3) is 0.333. The molecule has 7 heteroatoms. The number of halogens is 1. The number of hydrogen-bond acceptors (Lipinski definition) is 6. The van der Waals surface area contributed by atoms with Crippen molar-refractivity contribution in [2.45, 2.75) is 20.8 Å². The number of nitrogens with one attached hydrogen (secondary N) is 2. The lowest BCUT2D eigenvalue weighted by atomic mass is 10.2. The van der Waals surface area contributed by atoms with Crippen molar-refractivity contribution in [3.05, 3.63) is 46.6 Å². The third-order valence-corrected chi connectivity index (χ3v) is 4.55. The quantitative estimate of drug-likeness (QED) is 0.506. The molecule has 0 saturated heterocycles. The number of allylic oxidation sites excluding steroid dienone is 1. The van der Waals surface area contributed by atoms with Crippen LogP contribution in [0.1, 0.15) is 19.4 Å². The average Bonchev–Trinajstić information content (AvgIpc) is 2.57. The van der Waals surface area contributed by atoms with Crippen molar-refractivity contribution in [2.75, 3.05) is 34.8 Å². The molecule has 0 fully saturated rings. The highest BCUT2D eigenvalue weighted by Gasteiger charge is 2.11. The van der Waals surface area contributed by atoms with E-state index in [1.807, 2.05) is 13.3 Å². The number of anilines is 4. The maximum absolute atomic E-state index is 6.29. The first-order chi connectivity index (χ1) is 11.9. The molecule has 5 nitrogen and oxygen atoms in total. The van der Waals surface area contributed by atoms with Gasteiger partial charge in [-0.05, 0) is 38.5 Å². The smallest absolute Gasteiger partial charge is 0.224 e. The van der Waals surface area contributed by atoms with Crippen LogP contribution < -0.4 is 14.9 Å². The second kappa shape index (κ2) is 8.97. The molecule has 1 aromatic carbocycles. The van der Waals surface area contributed by atoms with Gasteiger partial charge >= 0.3 is 0 Å². The highest BCUT2D eigenvalue weighted by molar-refractivity contribution is 7.99. The normalized spacial score (nSPS) is 10.3. The van der Waals surface area contributed by atoms with Crippen LogP contribution in [0.4, 0.5) is 23.1 Å². The van der Waals surface area contributed by atoms with Gasteiger partial charge in [0, 0.05) is 19.8 Å². The van der Waals surface area contributed by atoms with Crippen molar-refractivity contribution in [1.82, 2.24) is 9.97 Å². The third-order valence-electron chi connectivity index (χ3n) is 3.53. The summed E-state index contributed by atoms with van der Waals surface area (Å²) >= 11 is 7.93. The predicted octanol–water partition coefficient (Wildman–Crippen LogP) is 5.27. The van der Waals surface area contributed by atoms with Crippen molar-refractivity contribution < 1.29 is 0 Å². The van der Waals surface area contributed by atoms with Crippen molar-refractivity contribution in [3.8, 4) is 0 Å². The Balaban J connectivity index is 2.27. The molecule has 2 rings (SSSR count). The van der Waals surface area contributed by atoms with Gasteiger partial charge in [0.1, 0.15) is 5.02 Å². The number of nitrogens with zero attached hydrogens (tertiary/aromatic N) is 3. The van der Waals surface area contributed by atoms with Gasteiger partial charge in [0.25, 0.3) is 0 Å². The Morgan fingerprint density at radius 2 is 2.12 bits per heavy atom. The van der Waals surface area contributed by atoms with Crippen LogP contribution in [0.3, 0.4) is 0 Å². The van der Waals surface area contributed by atoms with E-state index in [1.165, 1.54) is 5.57 Å². The first-order valence-corrected chi connectivity index (χ1v) is 9.52. The fourth-order valence-electron chi connectivity index (χ4n) is 2.14. The van der Waals surface area contributed by atoms with E-state index in [4.69, 9.17) is 11.6 Å². The third kappa shape index (κ3) is 5.54. The molecule has 2 aromatic rings. The molecule has 0 unspecified atom stereocenters. The summed E-state index contributed by atoms with van der Waals surface area (Å²) in [5, 5.41) is 7.00. The van der Waals surface area contributed by atoms with Gasteiger partial charge in [0.2, 0.25) is 5.95 Å². The van der Waals surface area contributed by atoms with Crippen molar-refractivity contribution in [1.29, 1.82) is 0 Å². The molecule has 134 valence electrons. The summed E-state index contributed by atoms with van der Waals surface area (Å²) in [5.74, 6) is 1.12. The molecule has 0 atom stereocenters. The minimum absolute atomic E-state index is 0.479. The maximum atomic E-state index is 6.29. The van der Waals surface area contributed by atoms with Crippen molar-refractivity contribution in [3.63, 3.8) is 0 Å². The molecule has 0 spiro atoms. The van der Waals surface area contributed by atoms with E-state index in [2.05, 4.69) is 70.0 Å². The molecular formula is C18H24ClN5S. The Morgan fingerprint density at radius 3 is 2.80 bits per heavy atom. The largest absolute Gasteiger partial charge is 0.351 e. The van der Waals surface area contributed by atoms with Gasteiger partial charge in [-0.15, -0.1) is 0 Å². The zero-order valence-electron chi connectivity index (χ0n) is 15.2. The van der Waals surface area contributed by atoms with E-state index in [-0.39, 0.29) is 0 Å². The van der Waals surface area contributed by atoms with E-state index in [1.54, 1.807) is 18.1 Å². The van der Waals surface area contributed by atoms with Crippen LogP contribution in [0.25, 0.3) is 0 Å². The molecule has 0 bridgehead atoms. The van der Waals surface area contributed by atoms with Gasteiger partial charge in [-0.2, -0.15) is 4.98 Å². The van der Waals surface area contributed by atoms with E-state index >= 15 is 0 Å². The molecule has 0 radical (unpaired) electrons. The standard InChI is InChI=1S/C18H24ClN5S/c1-12(2)8-9-20-18-21-11-14(19)17(23-18)22-15-10-13(3)6-7-16(15)24(4)25-5/h6-8,10-11H,9H2,1-5H3,(H2,20,21,22,23). The van der Waals surface area contributed by atoms with Gasteiger partial charge in [-0.1, -0.05) is 41.3 Å². The SMILES string of the molecule is CSN(C)c1ccc(C)cc1Nc1nc(NCC=C(C)C)ncc1Cl. The Hall–Kier alpha value is -1.92. The van der Waals surface area contributed by atoms with Crippen LogP contribution >= 0.6 is 23.5 Å². The van der Waals surface area contributed by atoms with Crippen LogP contribution in [-0.2, 0) is 0 Å². The molecule has 1 aromatic heterocycles. The molecule has 0 aliphatic carbocycles. The van der Waals surface area contributed by atoms with E-state index < -0.39 is 0 Å². The summed E-state index contributed by atoms with van der Waals surface area (Å²) < 4.78 is 2.09. The molecule has 2 N–H and O–H groups in total. The van der Waals surface area contributed by atoms with Crippen LogP contribution in [0, 0.1) is 6.92 Å². The lowest BCUT2D eigenvalue weighted by Crippen LogP contribution is -2.09. The summed E-state index contributed by atoms with van der Waals surface area (Å²) in [7, 11) is 2.02. The van der Waals surface area contributed by atoms with Gasteiger partial charge in [-0.3, -0.25) is 0 Å². The molecule has 0 aliphatic heterocycles. The summed E-state index contributed by atoms with van der Waals surface area (Å²) in [6, 6.07) is 6.25. The summed E-state index contributed by atoms with van der Waals surface area (Å²) in [6.45, 7) is 6.84. The number of aromatic nitrogens is 2. The van der Waals surface area contributed by atoms with E-state index in [0.29, 0.717) is 23.3 Å². The summed E-state index contributed by atoms with van der Waals surface area (Å²) in [4.78, 5) is 8.73. The van der Waals surface area contributed by atoms with Crippen molar-refractivity contribution >= 4 is 46.7 Å². The Labute approximate surface area is 159 Å². The molecule has 25 heavy (non-hydrogen) atoms. The van der Waals surface area contributed by atoms with Gasteiger partial charge in [0.15, 0.2) is 5.82 Å². The number of rotatable bonds is 7. The minimum atomic E-state index is 0.479. The zero-order valence-corrected chi connectivity index (χ0v) is 16.8. The van der Waals surface area contributed by atoms with Crippen molar-refractivity contribution in [2.24, 2.45) is 0 Å². The fourth-order valence-corrected chi connectivity index (χ4v) is 2.63. The van der Waals surface area contributed by atoms with Gasteiger partial charge in [-0.25, -0.2) is 4.98 Å². The van der Waals surface area contributed by atoms with E-state index in [9.17, 15) is 0 Å². The van der Waals surface area contributed by atoms with E-state index in [0.717, 1.165) is 16.9 Å². The predicted molar refractivity (Wildman–Crippen MR) is 111 cm³/mol. The van der Waals surface area contributed by atoms with Crippen LogP contribution in [-0.4, -0.2) is 29.8 Å². The molecule has 1 heterocycles. The van der Waals surface area contributed by atoms with Crippen LogP contribution in [0.5, 0.6) is 0 Å². The number of hydrogen-bond donors (Lipinski definition) is 2. The maximum Gasteiger partial charge on any atom is 0.224 e. The topological polar surface area (TPSA) is 53.1 Å². The first-order valence-electron chi connectivity index (χ1n) is 7.96. The zero-order chi connectivity index (χ0) is 18.4. The number of aryl methyl sites for hydroxylation is 1. The lowest BCUT2D eigenvalue weighted by molar-refractivity contribution is 1.11. The molecule has 0 saturated carbocycles. The molecule has 0 aliphatic rings. The minimum Gasteiger partial charge on any atom is -0.351 e. The number of benzene rings is 1. The Kier molecular flexibility index (Phi) is 6.96. The van der Waals surface area contributed by atoms with Gasteiger partial charge < -0.3 is 14.9 Å².